The van der Waals surface area contributed by atoms with E-state index in [9.17, 15) is 14.4 Å². The van der Waals surface area contributed by atoms with E-state index in [1.807, 2.05) is 13.0 Å². The molecule has 0 spiro atoms. The van der Waals surface area contributed by atoms with Crippen LogP contribution in [0.4, 0.5) is 13.6 Å². The lowest BCUT2D eigenvalue weighted by Gasteiger charge is -2.32. The summed E-state index contributed by atoms with van der Waals surface area (Å²) in [4.78, 5) is 44.6. The van der Waals surface area contributed by atoms with Crippen LogP contribution in [0.1, 0.15) is 16.8 Å². The molecule has 1 atom stereocenters. The Labute approximate surface area is 208 Å². The number of carbonyl (C=O) groups is 3. The number of carbonyl (C=O) groups excluding carboxylic acids is 3. The van der Waals surface area contributed by atoms with Crippen molar-refractivity contribution in [2.24, 2.45) is 4.99 Å². The molecule has 4 heterocycles. The number of aryl methyl sites for hydroxylation is 1. The van der Waals surface area contributed by atoms with Crippen LogP contribution in [-0.4, -0.2) is 69.4 Å². The molecule has 186 valence electrons. The summed E-state index contributed by atoms with van der Waals surface area (Å²) in [6.45, 7) is 2.79. The predicted molar refractivity (Wildman–Crippen MR) is 127 cm³/mol. The van der Waals surface area contributed by atoms with E-state index < -0.39 is 34.9 Å². The second-order valence-electron chi connectivity index (χ2n) is 8.38. The molecule has 0 aliphatic carbocycles. The third kappa shape index (κ3) is 4.37. The molecule has 2 aromatic heterocycles. The van der Waals surface area contributed by atoms with E-state index in [4.69, 9.17) is 9.47 Å². The monoisotopic (exact) mass is 514 g/mol. The second kappa shape index (κ2) is 9.43. The first-order valence-corrected chi connectivity index (χ1v) is 11.8. The molecule has 1 unspecified atom stereocenters. The Balaban J connectivity index is 1.57. The van der Waals surface area contributed by atoms with Crippen molar-refractivity contribution in [3.63, 3.8) is 0 Å². The maximum absolute atomic E-state index is 15.4. The highest BCUT2D eigenvalue weighted by atomic mass is 32.2. The fourth-order valence-corrected chi connectivity index (χ4v) is 4.96. The molecule has 1 saturated heterocycles. The standard InChI is InChI=1S/C24H20F2N4O5S/c1-12-3-4-30-17(10-14-11-29(5-6-35-14)24(33)34-2)20(27-18(30)7-12)19-15(25)8-13(9-16(19)26)22-28-21(31)23(32)36-22/h3-4,7-9,14H,5-6,10-11H2,1-2H3. The van der Waals surface area contributed by atoms with Gasteiger partial charge in [0.1, 0.15) is 22.3 Å². The van der Waals surface area contributed by atoms with Gasteiger partial charge in [-0.15, -0.1) is 0 Å². The number of ether oxygens (including phenoxy) is 2. The summed E-state index contributed by atoms with van der Waals surface area (Å²) < 4.78 is 43.2. The van der Waals surface area contributed by atoms with Crippen LogP contribution in [0.25, 0.3) is 16.9 Å². The number of aliphatic imine (C=N–C) groups is 1. The summed E-state index contributed by atoms with van der Waals surface area (Å²) in [5.74, 6) is -2.80. The number of thioether (sulfide) groups is 1. The number of aromatic nitrogens is 2. The molecule has 9 nitrogen and oxygen atoms in total. The molecule has 2 aliphatic rings. The molecule has 2 amide bonds. The number of methoxy groups -OCH3 is 1. The molecule has 0 saturated carbocycles. The zero-order valence-electron chi connectivity index (χ0n) is 19.3. The highest BCUT2D eigenvalue weighted by molar-refractivity contribution is 8.28. The van der Waals surface area contributed by atoms with E-state index in [1.165, 1.54) is 12.0 Å². The van der Waals surface area contributed by atoms with E-state index in [1.54, 1.807) is 16.7 Å². The zero-order chi connectivity index (χ0) is 25.6. The number of fused-ring (bicyclic) bond motifs is 1. The van der Waals surface area contributed by atoms with Gasteiger partial charge in [-0.05, 0) is 48.5 Å². The van der Waals surface area contributed by atoms with Gasteiger partial charge in [0.25, 0.3) is 5.12 Å². The molecule has 1 fully saturated rings. The van der Waals surface area contributed by atoms with Crippen LogP contribution in [0.3, 0.4) is 0 Å². The van der Waals surface area contributed by atoms with Gasteiger partial charge in [0.05, 0.1) is 43.3 Å². The lowest BCUT2D eigenvalue weighted by atomic mass is 10.0. The van der Waals surface area contributed by atoms with Crippen molar-refractivity contribution >= 4 is 39.6 Å². The van der Waals surface area contributed by atoms with E-state index in [0.29, 0.717) is 36.3 Å². The van der Waals surface area contributed by atoms with Crippen molar-refractivity contribution in [3.8, 4) is 11.3 Å². The van der Waals surface area contributed by atoms with Crippen LogP contribution >= 0.6 is 11.8 Å². The van der Waals surface area contributed by atoms with E-state index >= 15 is 8.78 Å². The van der Waals surface area contributed by atoms with E-state index in [2.05, 4.69) is 9.98 Å². The smallest absolute Gasteiger partial charge is 0.409 e. The number of amides is 2. The number of nitrogens with zero attached hydrogens (tertiary/aromatic N) is 4. The van der Waals surface area contributed by atoms with Crippen LogP contribution in [-0.2, 0) is 25.5 Å². The Kier molecular flexibility index (Phi) is 6.31. The largest absolute Gasteiger partial charge is 0.453 e. The molecular formula is C24H20F2N4O5S. The Morgan fingerprint density at radius 2 is 2.00 bits per heavy atom. The number of morpholine rings is 1. The minimum atomic E-state index is -0.966. The Morgan fingerprint density at radius 1 is 1.25 bits per heavy atom. The van der Waals surface area contributed by atoms with Crippen molar-refractivity contribution in [1.82, 2.24) is 14.3 Å². The third-order valence-electron chi connectivity index (χ3n) is 5.97. The molecule has 0 bridgehead atoms. The first kappa shape index (κ1) is 24.1. The number of hydrogen-bond acceptors (Lipinski definition) is 7. The number of pyridine rings is 1. The average molecular weight is 515 g/mol. The SMILES string of the molecule is COC(=O)N1CCOC(Cc2c(-c3c(F)cc(C4=NC(=O)C(=O)S4)cc3F)nc3cc(C)ccn23)C1. The summed E-state index contributed by atoms with van der Waals surface area (Å²) >= 11 is 0.532. The molecule has 0 N–H and O–H groups in total. The van der Waals surface area contributed by atoms with Crippen molar-refractivity contribution in [1.29, 1.82) is 0 Å². The fraction of sp³-hybridized carbons (Fsp3) is 0.292. The van der Waals surface area contributed by atoms with Crippen LogP contribution < -0.4 is 0 Å². The highest BCUT2D eigenvalue weighted by Gasteiger charge is 2.31. The molecular weight excluding hydrogens is 494 g/mol. The average Bonchev–Trinajstić information content (AvgIpc) is 3.37. The second-order valence-corrected chi connectivity index (χ2v) is 9.34. The first-order chi connectivity index (χ1) is 17.2. The minimum Gasteiger partial charge on any atom is -0.453 e. The van der Waals surface area contributed by atoms with Gasteiger partial charge in [-0.25, -0.2) is 18.6 Å². The summed E-state index contributed by atoms with van der Waals surface area (Å²) in [6.07, 6.45) is 1.06. The van der Waals surface area contributed by atoms with Crippen LogP contribution in [0.2, 0.25) is 0 Å². The van der Waals surface area contributed by atoms with Crippen molar-refractivity contribution < 1.29 is 32.6 Å². The van der Waals surface area contributed by atoms with E-state index in [0.717, 1.165) is 17.7 Å². The summed E-state index contributed by atoms with van der Waals surface area (Å²) in [5, 5.41) is -0.861. The number of imidazole rings is 1. The van der Waals surface area contributed by atoms with Gasteiger partial charge < -0.3 is 18.8 Å². The minimum absolute atomic E-state index is 0.0107. The van der Waals surface area contributed by atoms with E-state index in [-0.39, 0.29) is 34.8 Å². The highest BCUT2D eigenvalue weighted by Crippen LogP contribution is 2.33. The number of benzene rings is 1. The van der Waals surface area contributed by atoms with Crippen molar-refractivity contribution in [2.45, 2.75) is 19.4 Å². The number of rotatable bonds is 4. The first-order valence-electron chi connectivity index (χ1n) is 11.0. The summed E-state index contributed by atoms with van der Waals surface area (Å²) in [6, 6.07) is 5.71. The lowest BCUT2D eigenvalue weighted by molar-refractivity contribution is -0.130. The Morgan fingerprint density at radius 3 is 2.67 bits per heavy atom. The quantitative estimate of drug-likeness (QED) is 0.493. The maximum Gasteiger partial charge on any atom is 0.409 e. The van der Waals surface area contributed by atoms with Gasteiger partial charge in [0.2, 0.25) is 0 Å². The molecule has 36 heavy (non-hydrogen) atoms. The fourth-order valence-electron chi connectivity index (χ4n) is 4.28. The zero-order valence-corrected chi connectivity index (χ0v) is 20.1. The lowest BCUT2D eigenvalue weighted by Crippen LogP contribution is -2.46. The Bertz CT molecular complexity index is 1430. The van der Waals surface area contributed by atoms with Gasteiger partial charge in [0, 0.05) is 24.7 Å². The normalized spacial score (nSPS) is 18.2. The third-order valence-corrected chi connectivity index (χ3v) is 6.85. The number of hydrogen-bond donors (Lipinski definition) is 0. The van der Waals surface area contributed by atoms with Crippen LogP contribution in [0, 0.1) is 18.6 Å². The van der Waals surface area contributed by atoms with Gasteiger partial charge in [0.15, 0.2) is 0 Å². The maximum atomic E-state index is 15.4. The van der Waals surface area contributed by atoms with Crippen LogP contribution in [0.15, 0.2) is 35.5 Å². The van der Waals surface area contributed by atoms with Gasteiger partial charge in [-0.2, -0.15) is 4.99 Å². The predicted octanol–water partition coefficient (Wildman–Crippen LogP) is 3.14. The molecule has 12 heteroatoms. The summed E-state index contributed by atoms with van der Waals surface area (Å²) in [7, 11) is 1.30. The molecule has 3 aromatic rings. The Hall–Kier alpha value is -3.64. The van der Waals surface area contributed by atoms with Gasteiger partial charge in [-0.1, -0.05) is 0 Å². The van der Waals surface area contributed by atoms with Crippen LogP contribution in [0.5, 0.6) is 0 Å². The van der Waals surface area contributed by atoms with Gasteiger partial charge >= 0.3 is 12.0 Å². The molecule has 2 aliphatic heterocycles. The van der Waals surface area contributed by atoms with Crippen molar-refractivity contribution in [3.05, 3.63) is 58.9 Å². The molecule has 5 rings (SSSR count). The molecule has 1 aromatic carbocycles. The summed E-state index contributed by atoms with van der Waals surface area (Å²) in [5.41, 5.74) is 1.65. The van der Waals surface area contributed by atoms with Gasteiger partial charge in [-0.3, -0.25) is 9.59 Å². The molecule has 0 radical (unpaired) electrons. The number of halogens is 2. The topological polar surface area (TPSA) is 103 Å². The van der Waals surface area contributed by atoms with Crippen molar-refractivity contribution in [2.75, 3.05) is 26.8 Å².